The maximum absolute atomic E-state index is 6.22. The molecular weight excluding hydrogens is 265 g/mol. The van der Waals surface area contributed by atoms with E-state index in [4.69, 9.17) is 23.2 Å². The molecule has 0 saturated carbocycles. The standard InChI is InChI=1S/C15H21Cl2N/c1-15(2,3)12-6-7-18(10-12)13-5-4-11(9-16)14(17)8-13/h4-5,8,12H,6-7,9-10H2,1-3H3. The summed E-state index contributed by atoms with van der Waals surface area (Å²) in [6.07, 6.45) is 1.26. The quantitative estimate of drug-likeness (QED) is 0.695. The minimum atomic E-state index is 0.384. The zero-order valence-corrected chi connectivity index (χ0v) is 12.9. The first-order valence-electron chi connectivity index (χ1n) is 6.51. The van der Waals surface area contributed by atoms with Gasteiger partial charge in [0.25, 0.3) is 0 Å². The van der Waals surface area contributed by atoms with Crippen molar-refractivity contribution in [2.45, 2.75) is 33.1 Å². The summed E-state index contributed by atoms with van der Waals surface area (Å²) in [4.78, 5) is 2.43. The van der Waals surface area contributed by atoms with Crippen molar-refractivity contribution in [3.8, 4) is 0 Å². The van der Waals surface area contributed by atoms with E-state index in [2.05, 4.69) is 31.7 Å². The summed E-state index contributed by atoms with van der Waals surface area (Å²) in [5.74, 6) is 1.23. The zero-order chi connectivity index (χ0) is 13.3. The monoisotopic (exact) mass is 285 g/mol. The average Bonchev–Trinajstić information content (AvgIpc) is 2.77. The molecule has 100 valence electrons. The maximum Gasteiger partial charge on any atom is 0.0488 e. The van der Waals surface area contributed by atoms with Gasteiger partial charge in [-0.2, -0.15) is 0 Å². The number of anilines is 1. The molecule has 1 aromatic carbocycles. The molecule has 1 aliphatic rings. The van der Waals surface area contributed by atoms with Crippen LogP contribution in [-0.4, -0.2) is 13.1 Å². The van der Waals surface area contributed by atoms with E-state index >= 15 is 0 Å². The summed E-state index contributed by atoms with van der Waals surface area (Å²) in [6.45, 7) is 9.22. The first kappa shape index (κ1) is 14.0. The molecule has 1 saturated heterocycles. The average molecular weight is 286 g/mol. The summed E-state index contributed by atoms with van der Waals surface area (Å²) in [7, 11) is 0. The van der Waals surface area contributed by atoms with Gasteiger partial charge >= 0.3 is 0 Å². The Morgan fingerprint density at radius 3 is 2.56 bits per heavy atom. The topological polar surface area (TPSA) is 3.24 Å². The van der Waals surface area contributed by atoms with Crippen LogP contribution in [0.1, 0.15) is 32.8 Å². The Morgan fingerprint density at radius 1 is 1.33 bits per heavy atom. The molecule has 0 N–H and O–H groups in total. The van der Waals surface area contributed by atoms with Crippen molar-refractivity contribution in [1.82, 2.24) is 0 Å². The molecule has 1 nitrogen and oxygen atoms in total. The van der Waals surface area contributed by atoms with Gasteiger partial charge in [0.15, 0.2) is 0 Å². The lowest BCUT2D eigenvalue weighted by molar-refractivity contribution is 0.263. The van der Waals surface area contributed by atoms with E-state index in [9.17, 15) is 0 Å². The summed E-state index contributed by atoms with van der Waals surface area (Å²) in [5.41, 5.74) is 2.61. The van der Waals surface area contributed by atoms with Gasteiger partial charge in [0.2, 0.25) is 0 Å². The molecule has 0 radical (unpaired) electrons. The van der Waals surface area contributed by atoms with Crippen molar-refractivity contribution < 1.29 is 0 Å². The lowest BCUT2D eigenvalue weighted by Crippen LogP contribution is -2.25. The van der Waals surface area contributed by atoms with Gasteiger partial charge in [-0.25, -0.2) is 0 Å². The Labute approximate surface area is 120 Å². The smallest absolute Gasteiger partial charge is 0.0488 e. The molecule has 0 aromatic heterocycles. The van der Waals surface area contributed by atoms with Crippen LogP contribution in [0.15, 0.2) is 18.2 Å². The van der Waals surface area contributed by atoms with E-state index in [1.165, 1.54) is 12.1 Å². The van der Waals surface area contributed by atoms with Gasteiger partial charge in [-0.1, -0.05) is 38.4 Å². The van der Waals surface area contributed by atoms with Crippen LogP contribution < -0.4 is 4.90 Å². The molecule has 0 aliphatic carbocycles. The molecule has 0 bridgehead atoms. The van der Waals surface area contributed by atoms with E-state index in [0.29, 0.717) is 11.3 Å². The third kappa shape index (κ3) is 2.95. The number of benzene rings is 1. The molecule has 1 fully saturated rings. The number of alkyl halides is 1. The Bertz CT molecular complexity index is 423. The summed E-state index contributed by atoms with van der Waals surface area (Å²) in [5, 5.41) is 0.779. The molecule has 1 heterocycles. The number of rotatable bonds is 2. The lowest BCUT2D eigenvalue weighted by Gasteiger charge is -2.27. The number of hydrogen-bond donors (Lipinski definition) is 0. The van der Waals surface area contributed by atoms with Gasteiger partial charge in [-0.3, -0.25) is 0 Å². The Morgan fingerprint density at radius 2 is 2.06 bits per heavy atom. The molecule has 1 atom stereocenters. The molecule has 18 heavy (non-hydrogen) atoms. The fraction of sp³-hybridized carbons (Fsp3) is 0.600. The first-order chi connectivity index (χ1) is 8.41. The Hall–Kier alpha value is -0.400. The van der Waals surface area contributed by atoms with Crippen molar-refractivity contribution in [2.75, 3.05) is 18.0 Å². The van der Waals surface area contributed by atoms with Crippen LogP contribution in [0.2, 0.25) is 5.02 Å². The maximum atomic E-state index is 6.22. The van der Waals surface area contributed by atoms with Gasteiger partial charge in [0, 0.05) is 29.7 Å². The van der Waals surface area contributed by atoms with Gasteiger partial charge in [-0.15, -0.1) is 11.6 Å². The van der Waals surface area contributed by atoms with Gasteiger partial charge in [0.1, 0.15) is 0 Å². The van der Waals surface area contributed by atoms with E-state index in [1.54, 1.807) is 0 Å². The summed E-state index contributed by atoms with van der Waals surface area (Å²) >= 11 is 12.1. The number of hydrogen-bond acceptors (Lipinski definition) is 1. The van der Waals surface area contributed by atoms with Crippen LogP contribution in [0.4, 0.5) is 5.69 Å². The SMILES string of the molecule is CC(C)(C)C1CCN(c2ccc(CCl)c(Cl)c2)C1. The van der Waals surface area contributed by atoms with E-state index in [1.807, 2.05) is 12.1 Å². The molecule has 2 rings (SSSR count). The molecule has 1 aromatic rings. The third-order valence-corrected chi connectivity index (χ3v) is 4.60. The van der Waals surface area contributed by atoms with E-state index in [-0.39, 0.29) is 0 Å². The molecule has 1 unspecified atom stereocenters. The van der Waals surface area contributed by atoms with Crippen molar-refractivity contribution in [1.29, 1.82) is 0 Å². The minimum Gasteiger partial charge on any atom is -0.371 e. The van der Waals surface area contributed by atoms with E-state index < -0.39 is 0 Å². The fourth-order valence-corrected chi connectivity index (χ4v) is 3.09. The van der Waals surface area contributed by atoms with Crippen LogP contribution in [-0.2, 0) is 5.88 Å². The highest BCUT2D eigenvalue weighted by Gasteiger charge is 2.31. The predicted molar refractivity (Wildman–Crippen MR) is 80.8 cm³/mol. The summed E-state index contributed by atoms with van der Waals surface area (Å²) < 4.78 is 0. The fourth-order valence-electron chi connectivity index (χ4n) is 2.54. The highest BCUT2D eigenvalue weighted by Crippen LogP contribution is 2.36. The minimum absolute atomic E-state index is 0.384. The predicted octanol–water partition coefficient (Wildman–Crippen LogP) is 4.95. The van der Waals surface area contributed by atoms with Crippen LogP contribution in [0, 0.1) is 11.3 Å². The lowest BCUT2D eigenvalue weighted by atomic mass is 9.80. The van der Waals surface area contributed by atoms with Crippen molar-refractivity contribution in [3.63, 3.8) is 0 Å². The van der Waals surface area contributed by atoms with Crippen molar-refractivity contribution in [3.05, 3.63) is 28.8 Å². The molecule has 0 spiro atoms. The van der Waals surface area contributed by atoms with Crippen LogP contribution in [0.25, 0.3) is 0 Å². The first-order valence-corrected chi connectivity index (χ1v) is 7.42. The van der Waals surface area contributed by atoms with Crippen molar-refractivity contribution >= 4 is 28.9 Å². The van der Waals surface area contributed by atoms with Gasteiger partial charge in [-0.05, 0) is 35.4 Å². The second kappa shape index (κ2) is 5.30. The third-order valence-electron chi connectivity index (χ3n) is 3.96. The Kier molecular flexibility index (Phi) is 4.13. The van der Waals surface area contributed by atoms with Crippen LogP contribution >= 0.6 is 23.2 Å². The van der Waals surface area contributed by atoms with Gasteiger partial charge in [0.05, 0.1) is 0 Å². The molecule has 1 aliphatic heterocycles. The normalized spacial score (nSPS) is 20.5. The van der Waals surface area contributed by atoms with Crippen LogP contribution in [0.3, 0.4) is 0 Å². The molecule has 3 heteroatoms. The van der Waals surface area contributed by atoms with Crippen molar-refractivity contribution in [2.24, 2.45) is 11.3 Å². The van der Waals surface area contributed by atoms with E-state index in [0.717, 1.165) is 29.6 Å². The Balaban J connectivity index is 2.12. The second-order valence-electron chi connectivity index (χ2n) is 6.21. The van der Waals surface area contributed by atoms with Crippen LogP contribution in [0.5, 0.6) is 0 Å². The van der Waals surface area contributed by atoms with Gasteiger partial charge < -0.3 is 4.90 Å². The zero-order valence-electron chi connectivity index (χ0n) is 11.3. The number of halogens is 2. The largest absolute Gasteiger partial charge is 0.371 e. The summed E-state index contributed by atoms with van der Waals surface area (Å²) in [6, 6.07) is 6.22. The highest BCUT2D eigenvalue weighted by atomic mass is 35.5. The number of nitrogens with zero attached hydrogens (tertiary/aromatic N) is 1. The highest BCUT2D eigenvalue weighted by molar-refractivity contribution is 6.32. The molecular formula is C15H21Cl2N. The molecule has 0 amide bonds. The second-order valence-corrected chi connectivity index (χ2v) is 6.88.